The Balaban J connectivity index is 1.47. The zero-order valence-electron chi connectivity index (χ0n) is 16.7. The van der Waals surface area contributed by atoms with Crippen molar-refractivity contribution in [2.45, 2.75) is 19.4 Å². The fourth-order valence-electron chi connectivity index (χ4n) is 3.49. The number of amides is 1. The minimum absolute atomic E-state index is 0.0790. The van der Waals surface area contributed by atoms with Crippen molar-refractivity contribution in [3.05, 3.63) is 59.9 Å². The maximum Gasteiger partial charge on any atom is 0.337 e. The summed E-state index contributed by atoms with van der Waals surface area (Å²) in [5.41, 5.74) is 2.21. The predicted molar refractivity (Wildman–Crippen MR) is 111 cm³/mol. The first kappa shape index (κ1) is 20.8. The van der Waals surface area contributed by atoms with Gasteiger partial charge in [-0.1, -0.05) is 0 Å². The van der Waals surface area contributed by atoms with Crippen LogP contribution in [-0.2, 0) is 9.53 Å². The van der Waals surface area contributed by atoms with E-state index in [0.29, 0.717) is 30.3 Å². The van der Waals surface area contributed by atoms with Gasteiger partial charge in [0.1, 0.15) is 5.82 Å². The second-order valence-corrected chi connectivity index (χ2v) is 7.17. The van der Waals surface area contributed by atoms with Gasteiger partial charge >= 0.3 is 5.97 Å². The lowest BCUT2D eigenvalue weighted by atomic mass is 10.1. The molecule has 1 unspecified atom stereocenters. The number of carbonyl (C=O) groups excluding carboxylic acids is 2. The molecule has 1 amide bonds. The molecule has 0 bridgehead atoms. The number of methoxy groups -OCH3 is 1. The molecule has 154 valence electrons. The monoisotopic (exact) mass is 399 g/mol. The summed E-state index contributed by atoms with van der Waals surface area (Å²) in [4.78, 5) is 28.3. The van der Waals surface area contributed by atoms with Crippen molar-refractivity contribution in [2.75, 3.05) is 43.5 Å². The quantitative estimate of drug-likeness (QED) is 0.756. The Morgan fingerprint density at radius 3 is 2.41 bits per heavy atom. The number of benzene rings is 2. The third-order valence-electron chi connectivity index (χ3n) is 5.17. The second-order valence-electron chi connectivity index (χ2n) is 7.17. The van der Waals surface area contributed by atoms with E-state index in [1.54, 1.807) is 24.3 Å². The van der Waals surface area contributed by atoms with E-state index in [9.17, 15) is 14.0 Å². The highest BCUT2D eigenvalue weighted by Crippen LogP contribution is 2.20. The van der Waals surface area contributed by atoms with E-state index in [0.717, 1.165) is 25.3 Å². The SMILES string of the molecule is COC(=O)c1ccc(N2CCN(CCC(=O)Nc3ccc(F)cc3)C(C)C2)cc1. The molecular weight excluding hydrogens is 373 g/mol. The van der Waals surface area contributed by atoms with Crippen molar-refractivity contribution in [2.24, 2.45) is 0 Å². The Morgan fingerprint density at radius 1 is 1.10 bits per heavy atom. The Kier molecular flexibility index (Phi) is 6.82. The maximum absolute atomic E-state index is 12.9. The number of halogens is 1. The van der Waals surface area contributed by atoms with Crippen LogP contribution < -0.4 is 10.2 Å². The largest absolute Gasteiger partial charge is 0.465 e. The van der Waals surface area contributed by atoms with Crippen LogP contribution in [0.1, 0.15) is 23.7 Å². The van der Waals surface area contributed by atoms with Crippen LogP contribution in [0, 0.1) is 5.82 Å². The number of nitrogens with one attached hydrogen (secondary N) is 1. The molecule has 0 radical (unpaired) electrons. The van der Waals surface area contributed by atoms with Crippen molar-refractivity contribution in [1.29, 1.82) is 0 Å². The molecule has 1 fully saturated rings. The fraction of sp³-hybridized carbons (Fsp3) is 0.364. The van der Waals surface area contributed by atoms with Gasteiger partial charge < -0.3 is 15.0 Å². The second kappa shape index (κ2) is 9.52. The lowest BCUT2D eigenvalue weighted by molar-refractivity contribution is -0.116. The number of ether oxygens (including phenoxy) is 1. The molecule has 7 heteroatoms. The number of hydrogen-bond acceptors (Lipinski definition) is 5. The van der Waals surface area contributed by atoms with Gasteiger partial charge in [0.15, 0.2) is 0 Å². The molecule has 2 aromatic rings. The third-order valence-corrected chi connectivity index (χ3v) is 5.17. The van der Waals surface area contributed by atoms with E-state index in [1.165, 1.54) is 19.2 Å². The number of hydrogen-bond donors (Lipinski definition) is 1. The van der Waals surface area contributed by atoms with Crippen molar-refractivity contribution >= 4 is 23.3 Å². The summed E-state index contributed by atoms with van der Waals surface area (Å²) in [7, 11) is 1.37. The number of esters is 1. The summed E-state index contributed by atoms with van der Waals surface area (Å²) in [5, 5.41) is 2.80. The molecule has 1 heterocycles. The molecule has 0 saturated carbocycles. The van der Waals surface area contributed by atoms with Crippen molar-refractivity contribution in [3.8, 4) is 0 Å². The number of rotatable bonds is 6. The summed E-state index contributed by atoms with van der Waals surface area (Å²) < 4.78 is 17.7. The Hall–Kier alpha value is -2.93. The van der Waals surface area contributed by atoms with Gasteiger partial charge in [-0.05, 0) is 55.5 Å². The first-order valence-corrected chi connectivity index (χ1v) is 9.69. The van der Waals surface area contributed by atoms with Crippen LogP contribution in [0.25, 0.3) is 0 Å². The minimum atomic E-state index is -0.339. The molecule has 1 aliphatic rings. The van der Waals surface area contributed by atoms with Crippen LogP contribution in [0.4, 0.5) is 15.8 Å². The van der Waals surface area contributed by atoms with Crippen molar-refractivity contribution in [3.63, 3.8) is 0 Å². The van der Waals surface area contributed by atoms with Gasteiger partial charge in [-0.3, -0.25) is 9.69 Å². The molecule has 0 spiro atoms. The average Bonchev–Trinajstić information content (AvgIpc) is 2.74. The third kappa shape index (κ3) is 5.54. The maximum atomic E-state index is 12.9. The lowest BCUT2D eigenvalue weighted by Gasteiger charge is -2.41. The van der Waals surface area contributed by atoms with Crippen molar-refractivity contribution < 1.29 is 18.7 Å². The summed E-state index contributed by atoms with van der Waals surface area (Å²) in [6, 6.07) is 13.5. The Bertz CT molecular complexity index is 839. The molecule has 1 N–H and O–H groups in total. The van der Waals surface area contributed by atoms with E-state index in [1.807, 2.05) is 12.1 Å². The van der Waals surface area contributed by atoms with Gasteiger partial charge in [0.05, 0.1) is 12.7 Å². The molecule has 3 rings (SSSR count). The van der Waals surface area contributed by atoms with Crippen LogP contribution in [0.5, 0.6) is 0 Å². The predicted octanol–water partition coefficient (Wildman–Crippen LogP) is 3.15. The number of carbonyl (C=O) groups is 2. The molecule has 1 atom stereocenters. The number of nitrogens with zero attached hydrogens (tertiary/aromatic N) is 2. The minimum Gasteiger partial charge on any atom is -0.465 e. The van der Waals surface area contributed by atoms with E-state index < -0.39 is 0 Å². The van der Waals surface area contributed by atoms with Gasteiger partial charge in [-0.2, -0.15) is 0 Å². The number of piperazine rings is 1. The molecule has 29 heavy (non-hydrogen) atoms. The van der Waals surface area contributed by atoms with Gasteiger partial charge in [0.2, 0.25) is 5.91 Å². The molecule has 2 aromatic carbocycles. The van der Waals surface area contributed by atoms with Gasteiger partial charge in [-0.15, -0.1) is 0 Å². The highest BCUT2D eigenvalue weighted by Gasteiger charge is 2.24. The van der Waals surface area contributed by atoms with Crippen molar-refractivity contribution in [1.82, 2.24) is 4.90 Å². The highest BCUT2D eigenvalue weighted by atomic mass is 19.1. The lowest BCUT2D eigenvalue weighted by Crippen LogP contribution is -2.52. The molecular formula is C22H26FN3O3. The normalized spacial score (nSPS) is 17.1. The van der Waals surface area contributed by atoms with Crippen LogP contribution in [0.3, 0.4) is 0 Å². The molecule has 0 aliphatic carbocycles. The Labute approximate surface area is 170 Å². The highest BCUT2D eigenvalue weighted by molar-refractivity contribution is 5.91. The van der Waals surface area contributed by atoms with E-state index in [4.69, 9.17) is 4.74 Å². The first-order chi connectivity index (χ1) is 14.0. The standard InChI is InChI=1S/C22H26FN3O3/c1-16-15-26(20-9-3-17(4-10-20)22(28)29-2)14-13-25(16)12-11-21(27)24-19-7-5-18(23)6-8-19/h3-10,16H,11-15H2,1-2H3,(H,24,27). The zero-order valence-corrected chi connectivity index (χ0v) is 16.7. The summed E-state index contributed by atoms with van der Waals surface area (Å²) in [6.45, 7) is 5.36. The van der Waals surface area contributed by atoms with Gasteiger partial charge in [0, 0.05) is 50.0 Å². The topological polar surface area (TPSA) is 61.9 Å². The summed E-state index contributed by atoms with van der Waals surface area (Å²) >= 11 is 0. The van der Waals surface area contributed by atoms with Crippen LogP contribution >= 0.6 is 0 Å². The van der Waals surface area contributed by atoms with Crippen LogP contribution in [-0.4, -0.2) is 56.1 Å². The number of anilines is 2. The van der Waals surface area contributed by atoms with E-state index >= 15 is 0 Å². The average molecular weight is 399 g/mol. The molecule has 1 saturated heterocycles. The van der Waals surface area contributed by atoms with Gasteiger partial charge in [-0.25, -0.2) is 9.18 Å². The van der Waals surface area contributed by atoms with Gasteiger partial charge in [0.25, 0.3) is 0 Å². The van der Waals surface area contributed by atoms with E-state index in [-0.39, 0.29) is 17.7 Å². The van der Waals surface area contributed by atoms with Crippen LogP contribution in [0.2, 0.25) is 0 Å². The fourth-order valence-corrected chi connectivity index (χ4v) is 3.49. The zero-order chi connectivity index (χ0) is 20.8. The summed E-state index contributed by atoms with van der Waals surface area (Å²) in [5.74, 6) is -0.743. The Morgan fingerprint density at radius 2 is 1.79 bits per heavy atom. The first-order valence-electron chi connectivity index (χ1n) is 9.69. The molecule has 6 nitrogen and oxygen atoms in total. The summed E-state index contributed by atoms with van der Waals surface area (Å²) in [6.07, 6.45) is 0.384. The smallest absolute Gasteiger partial charge is 0.337 e. The van der Waals surface area contributed by atoms with Crippen LogP contribution in [0.15, 0.2) is 48.5 Å². The van der Waals surface area contributed by atoms with E-state index in [2.05, 4.69) is 22.0 Å². The molecule has 0 aromatic heterocycles. The molecule has 1 aliphatic heterocycles.